The highest BCUT2D eigenvalue weighted by Gasteiger charge is 2.60. The molecule has 2 aromatic carbocycles. The van der Waals surface area contributed by atoms with Crippen LogP contribution < -0.4 is 4.74 Å². The van der Waals surface area contributed by atoms with Crippen molar-refractivity contribution in [2.24, 2.45) is 5.41 Å². The number of carbonyl (C=O) groups is 2. The van der Waals surface area contributed by atoms with Crippen molar-refractivity contribution in [3.8, 4) is 5.75 Å². The van der Waals surface area contributed by atoms with Crippen molar-refractivity contribution in [3.63, 3.8) is 0 Å². The maximum absolute atomic E-state index is 13.3. The number of likely N-dealkylation sites (tertiary alicyclic amines) is 1. The van der Waals surface area contributed by atoms with Crippen LogP contribution in [0.25, 0.3) is 0 Å². The number of amides is 1. The number of nitrogens with zero attached hydrogens (tertiary/aromatic N) is 1. The van der Waals surface area contributed by atoms with Crippen LogP contribution in [0, 0.1) is 5.41 Å². The lowest BCUT2D eigenvalue weighted by Crippen LogP contribution is -2.68. The zero-order valence-corrected chi connectivity index (χ0v) is 16.2. The summed E-state index contributed by atoms with van der Waals surface area (Å²) in [6.45, 7) is 0.481. The molecule has 1 saturated heterocycles. The number of rotatable bonds is 6. The lowest BCUT2D eigenvalue weighted by molar-refractivity contribution is -0.179. The zero-order valence-electron chi connectivity index (χ0n) is 16.2. The third-order valence-corrected chi connectivity index (χ3v) is 6.15. The lowest BCUT2D eigenvalue weighted by Gasteiger charge is -2.51. The summed E-state index contributed by atoms with van der Waals surface area (Å²) in [6, 6.07) is 19.4. The first-order chi connectivity index (χ1) is 13.7. The highest BCUT2D eigenvalue weighted by molar-refractivity contribution is 6.08. The van der Waals surface area contributed by atoms with Crippen molar-refractivity contribution in [2.75, 3.05) is 6.54 Å². The van der Waals surface area contributed by atoms with Crippen molar-refractivity contribution in [1.29, 1.82) is 0 Å². The summed E-state index contributed by atoms with van der Waals surface area (Å²) in [6.07, 6.45) is 6.86. The quantitative estimate of drug-likeness (QED) is 0.325. The molecule has 1 aliphatic carbocycles. The molecule has 1 atom stereocenters. The molecule has 1 unspecified atom stereocenters. The van der Waals surface area contributed by atoms with Crippen molar-refractivity contribution in [3.05, 3.63) is 66.2 Å². The molecule has 0 bridgehead atoms. The van der Waals surface area contributed by atoms with Crippen LogP contribution in [0.5, 0.6) is 5.75 Å². The molecule has 4 rings (SSSR count). The number of benzene rings is 2. The standard InChI is InChI=1S/C24H27NO3/c26-22-24(17-16-19-10-4-1-5-11-19,18-25(22)20-12-6-2-7-13-20)23(27)28-21-14-8-3-9-15-21/h1,3-5,8-11,14-15,20H,2,6-7,12-13,16-18H2. The Hall–Kier alpha value is -2.62. The topological polar surface area (TPSA) is 46.6 Å². The van der Waals surface area contributed by atoms with Crippen molar-refractivity contribution >= 4 is 11.9 Å². The van der Waals surface area contributed by atoms with Gasteiger partial charge in [0.1, 0.15) is 5.75 Å². The molecule has 0 N–H and O–H groups in total. The second kappa shape index (κ2) is 8.17. The van der Waals surface area contributed by atoms with Crippen LogP contribution in [0.4, 0.5) is 0 Å². The summed E-state index contributed by atoms with van der Waals surface area (Å²) in [7, 11) is 0. The average Bonchev–Trinajstić information content (AvgIpc) is 2.75. The van der Waals surface area contributed by atoms with Gasteiger partial charge >= 0.3 is 5.97 Å². The van der Waals surface area contributed by atoms with Gasteiger partial charge in [-0.05, 0) is 43.4 Å². The summed E-state index contributed by atoms with van der Waals surface area (Å²) in [5.41, 5.74) is 0.0849. The maximum Gasteiger partial charge on any atom is 0.328 e. The average molecular weight is 377 g/mol. The van der Waals surface area contributed by atoms with Gasteiger partial charge < -0.3 is 9.64 Å². The Labute approximate surface area is 166 Å². The van der Waals surface area contributed by atoms with E-state index < -0.39 is 11.4 Å². The van der Waals surface area contributed by atoms with Gasteiger partial charge in [0, 0.05) is 12.6 Å². The predicted octanol–water partition coefficient (Wildman–Crippen LogP) is 4.39. The Balaban J connectivity index is 1.51. The number of ether oxygens (including phenoxy) is 1. The van der Waals surface area contributed by atoms with E-state index in [2.05, 4.69) is 0 Å². The molecule has 1 amide bonds. The van der Waals surface area contributed by atoms with Crippen molar-refractivity contribution < 1.29 is 14.3 Å². The highest BCUT2D eigenvalue weighted by Crippen LogP contribution is 2.42. The second-order valence-corrected chi connectivity index (χ2v) is 8.00. The first-order valence-corrected chi connectivity index (χ1v) is 10.3. The molecule has 2 aromatic rings. The Bertz CT molecular complexity index is 814. The smallest absolute Gasteiger partial charge is 0.328 e. The van der Waals surface area contributed by atoms with Gasteiger partial charge in [-0.15, -0.1) is 0 Å². The highest BCUT2D eigenvalue weighted by atomic mass is 16.5. The van der Waals surface area contributed by atoms with Crippen LogP contribution in [0.2, 0.25) is 0 Å². The molecule has 0 aromatic heterocycles. The molecule has 0 radical (unpaired) electrons. The zero-order chi connectivity index (χ0) is 19.4. The van der Waals surface area contributed by atoms with Crippen LogP contribution in [-0.4, -0.2) is 29.4 Å². The fourth-order valence-electron chi connectivity index (χ4n) is 4.44. The summed E-state index contributed by atoms with van der Waals surface area (Å²) in [4.78, 5) is 28.3. The normalized spacial score (nSPS) is 22.6. The van der Waals surface area contributed by atoms with Gasteiger partial charge in [0.15, 0.2) is 5.41 Å². The van der Waals surface area contributed by atoms with E-state index in [1.165, 1.54) is 19.3 Å². The van der Waals surface area contributed by atoms with Crippen LogP contribution in [0.1, 0.15) is 44.1 Å². The van der Waals surface area contributed by atoms with E-state index in [9.17, 15) is 9.59 Å². The number of hydrogen-bond donors (Lipinski definition) is 0. The molecule has 4 heteroatoms. The van der Waals surface area contributed by atoms with E-state index in [0.29, 0.717) is 25.1 Å². The molecular weight excluding hydrogens is 350 g/mol. The van der Waals surface area contributed by atoms with Crippen molar-refractivity contribution in [1.82, 2.24) is 4.90 Å². The van der Waals surface area contributed by atoms with E-state index >= 15 is 0 Å². The molecule has 1 heterocycles. The maximum atomic E-state index is 13.3. The molecule has 4 nitrogen and oxygen atoms in total. The number of β-lactam (4-membered cyclic amide) rings is 1. The minimum Gasteiger partial charge on any atom is -0.426 e. The fraction of sp³-hybridized carbons (Fsp3) is 0.417. The van der Waals surface area contributed by atoms with Crippen molar-refractivity contribution in [2.45, 2.75) is 51.0 Å². The molecule has 0 spiro atoms. The number of para-hydroxylation sites is 1. The number of hydrogen-bond acceptors (Lipinski definition) is 3. The fourth-order valence-corrected chi connectivity index (χ4v) is 4.44. The Morgan fingerprint density at radius 3 is 2.25 bits per heavy atom. The van der Waals surface area contributed by atoms with Gasteiger partial charge in [-0.1, -0.05) is 67.8 Å². The van der Waals surface area contributed by atoms with Gasteiger partial charge in [0.25, 0.3) is 0 Å². The molecule has 146 valence electrons. The van der Waals surface area contributed by atoms with E-state index in [0.717, 1.165) is 18.4 Å². The first-order valence-electron chi connectivity index (χ1n) is 10.3. The van der Waals surface area contributed by atoms with Gasteiger partial charge in [0.05, 0.1) is 0 Å². The largest absolute Gasteiger partial charge is 0.426 e. The van der Waals surface area contributed by atoms with Crippen LogP contribution in [0.3, 0.4) is 0 Å². The van der Waals surface area contributed by atoms with Gasteiger partial charge in [0.2, 0.25) is 5.91 Å². The summed E-state index contributed by atoms with van der Waals surface area (Å²) >= 11 is 0. The number of esters is 1. The first kappa shape index (κ1) is 18.7. The number of aryl methyl sites for hydroxylation is 1. The Morgan fingerprint density at radius 1 is 0.964 bits per heavy atom. The minimum atomic E-state index is -1.05. The van der Waals surface area contributed by atoms with Gasteiger partial charge in [-0.2, -0.15) is 0 Å². The van der Waals surface area contributed by atoms with E-state index in [1.807, 2.05) is 53.4 Å². The summed E-state index contributed by atoms with van der Waals surface area (Å²) in [5, 5.41) is 0. The monoisotopic (exact) mass is 377 g/mol. The number of carbonyl (C=O) groups excluding carboxylic acids is 2. The Kier molecular flexibility index (Phi) is 5.47. The van der Waals surface area contributed by atoms with E-state index in [-0.39, 0.29) is 11.9 Å². The molecular formula is C24H27NO3. The van der Waals surface area contributed by atoms with Gasteiger partial charge in [-0.25, -0.2) is 0 Å². The van der Waals surface area contributed by atoms with Crippen LogP contribution in [-0.2, 0) is 16.0 Å². The van der Waals surface area contributed by atoms with E-state index in [1.54, 1.807) is 12.1 Å². The van der Waals surface area contributed by atoms with E-state index in [4.69, 9.17) is 4.74 Å². The molecule has 1 saturated carbocycles. The van der Waals surface area contributed by atoms with Crippen LogP contribution >= 0.6 is 0 Å². The summed E-state index contributed by atoms with van der Waals surface area (Å²) < 4.78 is 5.63. The predicted molar refractivity (Wildman–Crippen MR) is 108 cm³/mol. The third-order valence-electron chi connectivity index (χ3n) is 6.15. The second-order valence-electron chi connectivity index (χ2n) is 8.00. The minimum absolute atomic E-state index is 0.0451. The Morgan fingerprint density at radius 2 is 1.61 bits per heavy atom. The lowest BCUT2D eigenvalue weighted by atomic mass is 9.72. The van der Waals surface area contributed by atoms with Gasteiger partial charge in [-0.3, -0.25) is 9.59 Å². The third kappa shape index (κ3) is 3.68. The molecule has 2 aliphatic rings. The molecule has 1 aliphatic heterocycles. The molecule has 28 heavy (non-hydrogen) atoms. The SMILES string of the molecule is O=C(Oc1ccccc1)C1(CCc2ccccc2)CN(C2CCCCC2)C1=O. The molecule has 2 fully saturated rings. The van der Waals surface area contributed by atoms with Crippen LogP contribution in [0.15, 0.2) is 60.7 Å². The summed E-state index contributed by atoms with van der Waals surface area (Å²) in [5.74, 6) is 0.0402.